The fraction of sp³-hybridized carbons (Fsp3) is 0.333. The number of carbonyl (C=O) groups is 1. The first-order valence-electron chi connectivity index (χ1n) is 12.2. The summed E-state index contributed by atoms with van der Waals surface area (Å²) in [4.78, 5) is 25.9. The first-order valence-corrected chi connectivity index (χ1v) is 13.1. The van der Waals surface area contributed by atoms with Gasteiger partial charge in [0.15, 0.2) is 11.5 Å². The number of amides is 2. The van der Waals surface area contributed by atoms with E-state index < -0.39 is 6.03 Å². The molecule has 0 bridgehead atoms. The number of nitrogens with zero attached hydrogens (tertiary/aromatic N) is 3. The standard InChI is InChI=1S/C27H31N5O5S/c1-35-10-11-37-24-14-21-20(13-23(24)36-2)26(30-16-29-21)38-19-9-5-8-18(12-19)31-27(34)32-25(28)15-22(33)17-6-3-4-7-17/h5,8-9,12-17,33H,3-4,6-7,10-11H2,1-2H3,(H3,28,31,32,34)/b22-15-. The van der Waals surface area contributed by atoms with Gasteiger partial charge < -0.3 is 30.4 Å². The van der Waals surface area contributed by atoms with E-state index in [1.165, 1.54) is 24.2 Å². The van der Waals surface area contributed by atoms with Crippen molar-refractivity contribution in [1.29, 1.82) is 0 Å². The summed E-state index contributed by atoms with van der Waals surface area (Å²) in [6.07, 6.45) is 6.86. The third kappa shape index (κ3) is 7.14. The van der Waals surface area contributed by atoms with Crippen LogP contribution >= 0.6 is 11.8 Å². The van der Waals surface area contributed by atoms with Gasteiger partial charge >= 0.3 is 6.03 Å². The molecule has 2 amide bonds. The largest absolute Gasteiger partial charge is 0.512 e. The molecule has 0 spiro atoms. The van der Waals surface area contributed by atoms with Crippen LogP contribution in [0.2, 0.25) is 0 Å². The summed E-state index contributed by atoms with van der Waals surface area (Å²) in [6.45, 7) is 0.841. The zero-order chi connectivity index (χ0) is 26.9. The molecule has 3 aromatic rings. The maximum Gasteiger partial charge on any atom is 0.347 e. The summed E-state index contributed by atoms with van der Waals surface area (Å²) in [5.41, 5.74) is 7.11. The van der Waals surface area contributed by atoms with Crippen molar-refractivity contribution in [3.63, 3.8) is 0 Å². The summed E-state index contributed by atoms with van der Waals surface area (Å²) in [5.74, 6) is 1.37. The molecule has 1 fully saturated rings. The smallest absolute Gasteiger partial charge is 0.347 e. The summed E-state index contributed by atoms with van der Waals surface area (Å²) in [5, 5.41) is 14.4. The number of allylic oxidation sites excluding steroid dienone is 1. The van der Waals surface area contributed by atoms with Crippen LogP contribution in [-0.4, -0.2) is 54.4 Å². The van der Waals surface area contributed by atoms with Gasteiger partial charge in [0.25, 0.3) is 0 Å². The Morgan fingerprint density at radius 3 is 2.76 bits per heavy atom. The Bertz CT molecular complexity index is 1340. The molecule has 1 aliphatic carbocycles. The van der Waals surface area contributed by atoms with Crippen LogP contribution in [0.25, 0.3) is 10.9 Å². The number of aliphatic imine (C=N–C) groups is 1. The highest BCUT2D eigenvalue weighted by atomic mass is 32.2. The van der Waals surface area contributed by atoms with Crippen molar-refractivity contribution in [3.8, 4) is 11.5 Å². The molecule has 1 aromatic heterocycles. The summed E-state index contributed by atoms with van der Waals surface area (Å²) >= 11 is 1.42. The SMILES string of the molecule is COCCOc1cc2ncnc(Sc3cccc(NC(=O)/N=C(N)\C=C(/O)C4CCCC4)c3)c2cc1OC. The number of methoxy groups -OCH3 is 2. The Balaban J connectivity index is 1.48. The van der Waals surface area contributed by atoms with Gasteiger partial charge in [-0.3, -0.25) is 0 Å². The lowest BCUT2D eigenvalue weighted by molar-refractivity contribution is 0.144. The highest BCUT2D eigenvalue weighted by molar-refractivity contribution is 7.99. The number of aromatic nitrogens is 2. The number of rotatable bonds is 10. The topological polar surface area (TPSA) is 141 Å². The molecule has 0 atom stereocenters. The molecule has 1 aliphatic rings. The molecule has 2 aromatic carbocycles. The fourth-order valence-electron chi connectivity index (χ4n) is 4.17. The number of aliphatic hydroxyl groups excluding tert-OH is 1. The van der Waals surface area contributed by atoms with Gasteiger partial charge in [-0.1, -0.05) is 30.7 Å². The second-order valence-electron chi connectivity index (χ2n) is 8.69. The van der Waals surface area contributed by atoms with Crippen LogP contribution in [0.4, 0.5) is 10.5 Å². The number of nitrogens with one attached hydrogen (secondary N) is 1. The van der Waals surface area contributed by atoms with E-state index in [1.54, 1.807) is 20.3 Å². The number of nitrogens with two attached hydrogens (primary N) is 1. The van der Waals surface area contributed by atoms with E-state index in [-0.39, 0.29) is 17.5 Å². The monoisotopic (exact) mass is 537 g/mol. The van der Waals surface area contributed by atoms with Gasteiger partial charge in [0, 0.05) is 41.1 Å². The third-order valence-corrected chi connectivity index (χ3v) is 7.04. The molecule has 11 heteroatoms. The Morgan fingerprint density at radius 2 is 2.00 bits per heavy atom. The van der Waals surface area contributed by atoms with E-state index in [9.17, 15) is 9.90 Å². The lowest BCUT2D eigenvalue weighted by Crippen LogP contribution is -2.16. The van der Waals surface area contributed by atoms with Gasteiger partial charge in [-0.05, 0) is 37.1 Å². The van der Waals surface area contributed by atoms with E-state index in [0.717, 1.165) is 41.0 Å². The van der Waals surface area contributed by atoms with Gasteiger partial charge in [0.2, 0.25) is 0 Å². The molecule has 0 aliphatic heterocycles. The van der Waals surface area contributed by atoms with E-state index in [0.29, 0.717) is 35.9 Å². The van der Waals surface area contributed by atoms with Gasteiger partial charge in [-0.2, -0.15) is 4.99 Å². The van der Waals surface area contributed by atoms with Crippen LogP contribution in [0, 0.1) is 5.92 Å². The highest BCUT2D eigenvalue weighted by Gasteiger charge is 2.19. The number of hydrogen-bond acceptors (Lipinski definition) is 8. The number of hydrogen-bond donors (Lipinski definition) is 3. The summed E-state index contributed by atoms with van der Waals surface area (Å²) in [6, 6.07) is 10.3. The average Bonchev–Trinajstić information content (AvgIpc) is 3.44. The van der Waals surface area contributed by atoms with Crippen LogP contribution in [-0.2, 0) is 4.74 Å². The maximum absolute atomic E-state index is 12.4. The van der Waals surface area contributed by atoms with E-state index in [2.05, 4.69) is 20.3 Å². The van der Waals surface area contributed by atoms with Crippen molar-refractivity contribution in [2.75, 3.05) is 32.8 Å². The molecule has 1 saturated carbocycles. The van der Waals surface area contributed by atoms with Crippen molar-refractivity contribution >= 4 is 40.2 Å². The minimum Gasteiger partial charge on any atom is -0.512 e. The highest BCUT2D eigenvalue weighted by Crippen LogP contribution is 2.37. The molecule has 10 nitrogen and oxygen atoms in total. The van der Waals surface area contributed by atoms with Crippen molar-refractivity contribution in [2.24, 2.45) is 16.6 Å². The minimum absolute atomic E-state index is 0.0376. The van der Waals surface area contributed by atoms with Gasteiger partial charge in [-0.25, -0.2) is 14.8 Å². The molecular formula is C27H31N5O5S. The van der Waals surface area contributed by atoms with Crippen molar-refractivity contribution in [3.05, 3.63) is 54.6 Å². The predicted octanol–water partition coefficient (Wildman–Crippen LogP) is 5.34. The van der Waals surface area contributed by atoms with Crippen LogP contribution < -0.4 is 20.5 Å². The van der Waals surface area contributed by atoms with Crippen LogP contribution in [0.5, 0.6) is 11.5 Å². The second kappa shape index (κ2) is 13.1. The molecule has 4 N–H and O–H groups in total. The molecule has 1 heterocycles. The molecule has 4 rings (SSSR count). The minimum atomic E-state index is -0.627. The van der Waals surface area contributed by atoms with E-state index in [1.807, 2.05) is 30.3 Å². The van der Waals surface area contributed by atoms with Gasteiger partial charge in [0.05, 0.1) is 25.0 Å². The second-order valence-corrected chi connectivity index (χ2v) is 9.75. The lowest BCUT2D eigenvalue weighted by Gasteiger charge is -2.13. The number of amidine groups is 1. The quantitative estimate of drug-likeness (QED) is 0.103. The Labute approximate surface area is 225 Å². The van der Waals surface area contributed by atoms with E-state index >= 15 is 0 Å². The van der Waals surface area contributed by atoms with Crippen LogP contribution in [0.1, 0.15) is 25.7 Å². The Hall–Kier alpha value is -3.83. The van der Waals surface area contributed by atoms with Crippen molar-refractivity contribution in [2.45, 2.75) is 35.6 Å². The Morgan fingerprint density at radius 1 is 1.18 bits per heavy atom. The lowest BCUT2D eigenvalue weighted by atomic mass is 10.1. The zero-order valence-electron chi connectivity index (χ0n) is 21.3. The molecular weight excluding hydrogens is 506 g/mol. The zero-order valence-corrected chi connectivity index (χ0v) is 22.2. The number of urea groups is 1. The first kappa shape index (κ1) is 27.2. The average molecular weight is 538 g/mol. The Kier molecular flexibility index (Phi) is 9.39. The van der Waals surface area contributed by atoms with Crippen LogP contribution in [0.3, 0.4) is 0 Å². The maximum atomic E-state index is 12.4. The van der Waals surface area contributed by atoms with Gasteiger partial charge in [0.1, 0.15) is 23.8 Å². The number of anilines is 1. The molecule has 0 radical (unpaired) electrons. The third-order valence-electron chi connectivity index (χ3n) is 6.03. The fourth-order valence-corrected chi connectivity index (χ4v) is 5.10. The van der Waals surface area contributed by atoms with Crippen LogP contribution in [0.15, 0.2) is 69.5 Å². The molecule has 200 valence electrons. The summed E-state index contributed by atoms with van der Waals surface area (Å²) in [7, 11) is 3.19. The molecule has 38 heavy (non-hydrogen) atoms. The van der Waals surface area contributed by atoms with Crippen molar-refractivity contribution < 1.29 is 24.1 Å². The molecule has 0 unspecified atom stereocenters. The molecule has 0 saturated heterocycles. The van der Waals surface area contributed by atoms with E-state index in [4.69, 9.17) is 19.9 Å². The normalized spacial score (nSPS) is 14.6. The first-order chi connectivity index (χ1) is 18.5. The van der Waals surface area contributed by atoms with Crippen molar-refractivity contribution in [1.82, 2.24) is 9.97 Å². The number of benzene rings is 2. The number of aliphatic hydroxyl groups is 1. The number of fused-ring (bicyclic) bond motifs is 1. The number of ether oxygens (including phenoxy) is 3. The summed E-state index contributed by atoms with van der Waals surface area (Å²) < 4.78 is 16.3. The number of carbonyl (C=O) groups excluding carboxylic acids is 1. The van der Waals surface area contributed by atoms with Gasteiger partial charge in [-0.15, -0.1) is 0 Å². The predicted molar refractivity (Wildman–Crippen MR) is 147 cm³/mol.